The molecule has 1 heterocycles. The minimum absolute atomic E-state index is 0.522. The van der Waals surface area contributed by atoms with Gasteiger partial charge in [-0.25, -0.2) is 0 Å². The summed E-state index contributed by atoms with van der Waals surface area (Å²) in [4.78, 5) is 14.9. The van der Waals surface area contributed by atoms with Gasteiger partial charge in [0.15, 0.2) is 0 Å². The second-order valence-corrected chi connectivity index (χ2v) is 6.61. The largest absolute Gasteiger partial charge is 0.480 e. The van der Waals surface area contributed by atoms with Crippen LogP contribution in [-0.4, -0.2) is 28.6 Å². The van der Waals surface area contributed by atoms with Crippen LogP contribution in [0.3, 0.4) is 0 Å². The highest BCUT2D eigenvalue weighted by Crippen LogP contribution is 2.30. The first kappa shape index (κ1) is 16.1. The number of carbonyl (C=O) groups is 1. The highest BCUT2D eigenvalue weighted by molar-refractivity contribution is 5.87. The van der Waals surface area contributed by atoms with Crippen LogP contribution in [0, 0.1) is 6.92 Å². The summed E-state index contributed by atoms with van der Waals surface area (Å²) in [6, 6.07) is 4.06. The average Bonchev–Trinajstić information content (AvgIpc) is 2.69. The molecular weight excluding hydrogens is 288 g/mol. The first-order chi connectivity index (χ1) is 11.1. The first-order valence-corrected chi connectivity index (χ1v) is 8.69. The van der Waals surface area contributed by atoms with E-state index in [0.29, 0.717) is 13.0 Å². The van der Waals surface area contributed by atoms with E-state index in [1.165, 1.54) is 35.8 Å². The van der Waals surface area contributed by atoms with Crippen molar-refractivity contribution in [2.75, 3.05) is 6.54 Å². The third kappa shape index (κ3) is 3.27. The Morgan fingerprint density at radius 3 is 2.61 bits per heavy atom. The van der Waals surface area contributed by atoms with Gasteiger partial charge in [-0.2, -0.15) is 0 Å². The Bertz CT molecular complexity index is 718. The summed E-state index contributed by atoms with van der Waals surface area (Å²) in [6.07, 6.45) is 6.65. The molecule has 1 aromatic carbocycles. The number of nitrogens with one attached hydrogen (secondary N) is 2. The Morgan fingerprint density at radius 2 is 1.96 bits per heavy atom. The van der Waals surface area contributed by atoms with E-state index in [1.54, 1.807) is 0 Å². The average molecular weight is 314 g/mol. The van der Waals surface area contributed by atoms with E-state index in [2.05, 4.69) is 22.4 Å². The van der Waals surface area contributed by atoms with Crippen LogP contribution in [0.15, 0.2) is 12.1 Å². The van der Waals surface area contributed by atoms with Crippen molar-refractivity contribution in [3.8, 4) is 0 Å². The molecule has 0 radical (unpaired) electrons. The third-order valence-corrected chi connectivity index (χ3v) is 4.99. The summed E-state index contributed by atoms with van der Waals surface area (Å²) in [7, 11) is 0. The molecule has 1 unspecified atom stereocenters. The highest BCUT2D eigenvalue weighted by atomic mass is 16.4. The molecule has 1 atom stereocenters. The summed E-state index contributed by atoms with van der Waals surface area (Å²) in [5.74, 6) is -0.782. The van der Waals surface area contributed by atoms with Crippen molar-refractivity contribution < 1.29 is 9.90 Å². The van der Waals surface area contributed by atoms with Crippen LogP contribution >= 0.6 is 0 Å². The standard InChI is InChI=1S/C19H26N2O2/c1-3-20-18(19(22)23)11-15-12(2)21-17-10-14-8-6-4-5-7-13(14)9-16(15)17/h9-10,18,20-21H,3-8,11H2,1-2H3,(H,22,23). The molecule has 0 fully saturated rings. The Kier molecular flexibility index (Phi) is 4.71. The van der Waals surface area contributed by atoms with Crippen molar-refractivity contribution in [3.05, 3.63) is 34.5 Å². The second-order valence-electron chi connectivity index (χ2n) is 6.61. The predicted octanol–water partition coefficient (Wildman–Crippen LogP) is 3.35. The van der Waals surface area contributed by atoms with Crippen molar-refractivity contribution in [3.63, 3.8) is 0 Å². The molecule has 124 valence electrons. The molecule has 3 rings (SSSR count). The predicted molar refractivity (Wildman–Crippen MR) is 93.1 cm³/mol. The zero-order valence-corrected chi connectivity index (χ0v) is 14.0. The molecule has 23 heavy (non-hydrogen) atoms. The van der Waals surface area contributed by atoms with Crippen molar-refractivity contribution in [2.24, 2.45) is 0 Å². The van der Waals surface area contributed by atoms with Gasteiger partial charge in [-0.05, 0) is 68.0 Å². The fourth-order valence-corrected chi connectivity index (χ4v) is 3.76. The Hall–Kier alpha value is -1.81. The number of hydrogen-bond acceptors (Lipinski definition) is 2. The molecule has 1 aliphatic rings. The molecule has 0 saturated carbocycles. The quantitative estimate of drug-likeness (QED) is 0.742. The number of fused-ring (bicyclic) bond motifs is 2. The Balaban J connectivity index is 2.01. The summed E-state index contributed by atoms with van der Waals surface area (Å²) in [5, 5.41) is 13.7. The van der Waals surface area contributed by atoms with Gasteiger partial charge < -0.3 is 15.4 Å². The van der Waals surface area contributed by atoms with E-state index < -0.39 is 12.0 Å². The molecule has 1 aromatic heterocycles. The SMILES string of the molecule is CCNC(Cc1c(C)[nH]c2cc3c(cc12)CCCCC3)C(=O)O. The summed E-state index contributed by atoms with van der Waals surface area (Å²) >= 11 is 0. The normalized spacial score (nSPS) is 16.1. The van der Waals surface area contributed by atoms with Gasteiger partial charge in [0, 0.05) is 23.0 Å². The van der Waals surface area contributed by atoms with Crippen molar-refractivity contribution in [2.45, 2.75) is 58.4 Å². The minimum atomic E-state index is -0.782. The lowest BCUT2D eigenvalue weighted by Crippen LogP contribution is -2.38. The van der Waals surface area contributed by atoms with Crippen LogP contribution in [0.1, 0.15) is 48.6 Å². The van der Waals surface area contributed by atoms with Crippen LogP contribution in [0.2, 0.25) is 0 Å². The lowest BCUT2D eigenvalue weighted by atomic mass is 9.96. The van der Waals surface area contributed by atoms with E-state index in [0.717, 1.165) is 29.6 Å². The van der Waals surface area contributed by atoms with Gasteiger partial charge in [0.25, 0.3) is 0 Å². The molecule has 0 aliphatic heterocycles. The van der Waals surface area contributed by atoms with Crippen LogP contribution in [0.25, 0.3) is 10.9 Å². The van der Waals surface area contributed by atoms with Gasteiger partial charge in [0.2, 0.25) is 0 Å². The van der Waals surface area contributed by atoms with E-state index >= 15 is 0 Å². The Morgan fingerprint density at radius 1 is 1.26 bits per heavy atom. The molecule has 2 aromatic rings. The number of rotatable bonds is 5. The lowest BCUT2D eigenvalue weighted by molar-refractivity contribution is -0.139. The maximum absolute atomic E-state index is 11.5. The number of carboxylic acids is 1. The molecule has 0 amide bonds. The van der Waals surface area contributed by atoms with Gasteiger partial charge in [0.05, 0.1) is 0 Å². The second kappa shape index (κ2) is 6.75. The fraction of sp³-hybridized carbons (Fsp3) is 0.526. The van der Waals surface area contributed by atoms with Crippen LogP contribution in [0.5, 0.6) is 0 Å². The summed E-state index contributed by atoms with van der Waals surface area (Å²) < 4.78 is 0. The number of benzene rings is 1. The van der Waals surface area contributed by atoms with E-state index in [1.807, 2.05) is 13.8 Å². The van der Waals surface area contributed by atoms with Gasteiger partial charge in [-0.1, -0.05) is 13.3 Å². The van der Waals surface area contributed by atoms with Gasteiger partial charge in [-0.15, -0.1) is 0 Å². The maximum atomic E-state index is 11.5. The maximum Gasteiger partial charge on any atom is 0.321 e. The molecule has 0 saturated heterocycles. The number of hydrogen-bond donors (Lipinski definition) is 3. The smallest absolute Gasteiger partial charge is 0.321 e. The molecular formula is C19H26N2O2. The number of aliphatic carboxylic acids is 1. The lowest BCUT2D eigenvalue weighted by Gasteiger charge is -2.14. The van der Waals surface area contributed by atoms with Gasteiger partial charge >= 0.3 is 5.97 Å². The summed E-state index contributed by atoms with van der Waals surface area (Å²) in [6.45, 7) is 4.65. The molecule has 1 aliphatic carbocycles. The van der Waals surface area contributed by atoms with Gasteiger partial charge in [-0.3, -0.25) is 4.79 Å². The van der Waals surface area contributed by atoms with E-state index in [-0.39, 0.29) is 0 Å². The number of likely N-dealkylation sites (N-methyl/N-ethyl adjacent to an activating group) is 1. The molecule has 0 bridgehead atoms. The number of aromatic nitrogens is 1. The van der Waals surface area contributed by atoms with Crippen molar-refractivity contribution >= 4 is 16.9 Å². The van der Waals surface area contributed by atoms with Crippen LogP contribution in [0.4, 0.5) is 0 Å². The zero-order chi connectivity index (χ0) is 16.4. The minimum Gasteiger partial charge on any atom is -0.480 e. The van der Waals surface area contributed by atoms with E-state index in [4.69, 9.17) is 0 Å². The molecule has 4 heteroatoms. The third-order valence-electron chi connectivity index (χ3n) is 4.99. The number of aryl methyl sites for hydroxylation is 3. The molecule has 3 N–H and O–H groups in total. The first-order valence-electron chi connectivity index (χ1n) is 8.69. The summed E-state index contributed by atoms with van der Waals surface area (Å²) in [5.41, 5.74) is 6.29. The highest BCUT2D eigenvalue weighted by Gasteiger charge is 2.21. The van der Waals surface area contributed by atoms with Crippen LogP contribution < -0.4 is 5.32 Å². The van der Waals surface area contributed by atoms with Crippen molar-refractivity contribution in [1.82, 2.24) is 10.3 Å². The van der Waals surface area contributed by atoms with Crippen molar-refractivity contribution in [1.29, 1.82) is 0 Å². The number of aromatic amines is 1. The number of H-pyrrole nitrogens is 1. The molecule has 4 nitrogen and oxygen atoms in total. The zero-order valence-electron chi connectivity index (χ0n) is 14.0. The molecule has 0 spiro atoms. The van der Waals surface area contributed by atoms with Crippen LogP contribution in [-0.2, 0) is 24.1 Å². The number of carboxylic acid groups (broad SMARTS) is 1. The fourth-order valence-electron chi connectivity index (χ4n) is 3.76. The van der Waals surface area contributed by atoms with E-state index in [9.17, 15) is 9.90 Å². The monoisotopic (exact) mass is 314 g/mol. The van der Waals surface area contributed by atoms with Gasteiger partial charge in [0.1, 0.15) is 6.04 Å². The topological polar surface area (TPSA) is 65.1 Å². The Labute approximate surface area is 137 Å².